The van der Waals surface area contributed by atoms with E-state index in [4.69, 9.17) is 17.3 Å². The summed E-state index contributed by atoms with van der Waals surface area (Å²) in [5.74, 6) is -0.0238. The molecular formula is C14H14ClN3O. The number of nitrogens with one attached hydrogen (secondary N) is 1. The second-order valence-corrected chi connectivity index (χ2v) is 5.34. The summed E-state index contributed by atoms with van der Waals surface area (Å²) >= 11 is 6.12. The van der Waals surface area contributed by atoms with Crippen LogP contribution < -0.4 is 11.1 Å². The Morgan fingerprint density at radius 1 is 1.42 bits per heavy atom. The van der Waals surface area contributed by atoms with Gasteiger partial charge in [-0.25, -0.2) is 0 Å². The van der Waals surface area contributed by atoms with E-state index in [0.29, 0.717) is 22.8 Å². The van der Waals surface area contributed by atoms with Gasteiger partial charge in [-0.2, -0.15) is 0 Å². The van der Waals surface area contributed by atoms with Gasteiger partial charge < -0.3 is 11.1 Å². The first-order valence-electron chi connectivity index (χ1n) is 6.21. The van der Waals surface area contributed by atoms with Gasteiger partial charge in [0, 0.05) is 18.1 Å². The van der Waals surface area contributed by atoms with Crippen LogP contribution in [0.5, 0.6) is 0 Å². The molecule has 3 rings (SSSR count). The maximum absolute atomic E-state index is 12.2. The molecule has 1 aliphatic carbocycles. The van der Waals surface area contributed by atoms with Gasteiger partial charge in [0.15, 0.2) is 0 Å². The molecule has 0 aliphatic heterocycles. The number of fused-ring (bicyclic) bond motifs is 1. The fourth-order valence-corrected chi connectivity index (χ4v) is 2.38. The number of benzene rings is 1. The Morgan fingerprint density at radius 2 is 2.21 bits per heavy atom. The Morgan fingerprint density at radius 3 is 2.89 bits per heavy atom. The third-order valence-corrected chi connectivity index (χ3v) is 4.02. The fraction of sp³-hybridized carbons (Fsp3) is 0.286. The van der Waals surface area contributed by atoms with Gasteiger partial charge in [0.05, 0.1) is 21.6 Å². The molecule has 1 aromatic carbocycles. The first kappa shape index (κ1) is 12.4. The smallest absolute Gasteiger partial charge is 0.231 e. The van der Waals surface area contributed by atoms with Crippen LogP contribution in [0.2, 0.25) is 5.02 Å². The number of carbonyl (C=O) groups excluding carboxylic acids is 1. The van der Waals surface area contributed by atoms with Crippen LogP contribution in [-0.4, -0.2) is 17.4 Å². The molecule has 1 fully saturated rings. The third kappa shape index (κ3) is 2.07. The number of carbonyl (C=O) groups is 1. The minimum Gasteiger partial charge on any atom is -0.329 e. The predicted molar refractivity (Wildman–Crippen MR) is 76.1 cm³/mol. The van der Waals surface area contributed by atoms with Crippen molar-refractivity contribution >= 4 is 34.1 Å². The summed E-state index contributed by atoms with van der Waals surface area (Å²) < 4.78 is 0. The number of amides is 1. The quantitative estimate of drug-likeness (QED) is 0.905. The zero-order chi connectivity index (χ0) is 13.5. The third-order valence-electron chi connectivity index (χ3n) is 3.69. The number of hydrogen-bond donors (Lipinski definition) is 2. The molecule has 4 nitrogen and oxygen atoms in total. The van der Waals surface area contributed by atoms with E-state index in [1.54, 1.807) is 18.3 Å². The average Bonchev–Trinajstić information content (AvgIpc) is 3.23. The van der Waals surface area contributed by atoms with Crippen molar-refractivity contribution in [3.63, 3.8) is 0 Å². The molecule has 1 amide bonds. The van der Waals surface area contributed by atoms with Crippen molar-refractivity contribution < 1.29 is 4.79 Å². The van der Waals surface area contributed by atoms with Gasteiger partial charge in [-0.05, 0) is 37.1 Å². The van der Waals surface area contributed by atoms with Gasteiger partial charge in [0.1, 0.15) is 0 Å². The molecule has 1 saturated carbocycles. The number of rotatable bonds is 3. The second kappa shape index (κ2) is 4.47. The first-order chi connectivity index (χ1) is 9.16. The number of anilines is 1. The Kier molecular flexibility index (Phi) is 2.92. The molecule has 3 N–H and O–H groups in total. The molecule has 0 bridgehead atoms. The molecule has 1 heterocycles. The van der Waals surface area contributed by atoms with E-state index >= 15 is 0 Å². The number of hydrogen-bond acceptors (Lipinski definition) is 3. The molecule has 5 heteroatoms. The lowest BCUT2D eigenvalue weighted by Crippen LogP contribution is -2.30. The van der Waals surface area contributed by atoms with Gasteiger partial charge in [-0.3, -0.25) is 9.78 Å². The van der Waals surface area contributed by atoms with Gasteiger partial charge in [0.2, 0.25) is 5.91 Å². The van der Waals surface area contributed by atoms with Crippen molar-refractivity contribution in [1.29, 1.82) is 0 Å². The number of pyridine rings is 1. The Bertz CT molecular complexity index is 652. The van der Waals surface area contributed by atoms with Gasteiger partial charge in [-0.1, -0.05) is 11.6 Å². The first-order valence-corrected chi connectivity index (χ1v) is 6.59. The number of nitrogens with zero attached hydrogens (tertiary/aromatic N) is 1. The molecular weight excluding hydrogens is 262 g/mol. The maximum atomic E-state index is 12.2. The van der Waals surface area contributed by atoms with Crippen LogP contribution in [0.4, 0.5) is 5.69 Å². The highest BCUT2D eigenvalue weighted by molar-refractivity contribution is 6.36. The fourth-order valence-electron chi connectivity index (χ4n) is 2.17. The molecule has 19 heavy (non-hydrogen) atoms. The minimum atomic E-state index is -0.374. The van der Waals surface area contributed by atoms with Crippen molar-refractivity contribution in [1.82, 2.24) is 4.98 Å². The van der Waals surface area contributed by atoms with Crippen molar-refractivity contribution in [2.24, 2.45) is 11.1 Å². The molecule has 98 valence electrons. The molecule has 0 unspecified atom stereocenters. The van der Waals surface area contributed by atoms with E-state index in [9.17, 15) is 4.79 Å². The van der Waals surface area contributed by atoms with E-state index in [0.717, 1.165) is 18.2 Å². The molecule has 1 aromatic heterocycles. The molecule has 0 atom stereocenters. The number of aromatic nitrogens is 1. The average molecular weight is 276 g/mol. The van der Waals surface area contributed by atoms with Crippen molar-refractivity contribution in [3.8, 4) is 0 Å². The van der Waals surface area contributed by atoms with Gasteiger partial charge >= 0.3 is 0 Å². The zero-order valence-corrected chi connectivity index (χ0v) is 11.1. The second-order valence-electron chi connectivity index (χ2n) is 4.93. The van der Waals surface area contributed by atoms with Crippen molar-refractivity contribution in [2.75, 3.05) is 11.9 Å². The Balaban J connectivity index is 1.98. The lowest BCUT2D eigenvalue weighted by atomic mass is 10.1. The van der Waals surface area contributed by atoms with Crippen molar-refractivity contribution in [2.45, 2.75) is 12.8 Å². The van der Waals surface area contributed by atoms with Crippen LogP contribution in [0.15, 0.2) is 30.5 Å². The van der Waals surface area contributed by atoms with Crippen LogP contribution in [0.25, 0.3) is 10.9 Å². The molecule has 0 saturated heterocycles. The predicted octanol–water partition coefficient (Wildman–Crippen LogP) is 2.57. The standard InChI is InChI=1S/C14H14ClN3O/c15-10-3-4-11(12-9(10)2-1-7-17-12)18-13(19)14(8-16)5-6-14/h1-4,7H,5-6,8,16H2,(H,18,19). The summed E-state index contributed by atoms with van der Waals surface area (Å²) in [4.78, 5) is 16.5. The SMILES string of the molecule is NCC1(C(=O)Nc2ccc(Cl)c3cccnc23)CC1. The summed E-state index contributed by atoms with van der Waals surface area (Å²) in [5.41, 5.74) is 6.68. The summed E-state index contributed by atoms with van der Waals surface area (Å²) in [7, 11) is 0. The highest BCUT2D eigenvalue weighted by Crippen LogP contribution is 2.45. The van der Waals surface area contributed by atoms with E-state index in [1.807, 2.05) is 12.1 Å². The van der Waals surface area contributed by atoms with Crippen LogP contribution in [0.1, 0.15) is 12.8 Å². The lowest BCUT2D eigenvalue weighted by Gasteiger charge is -2.14. The van der Waals surface area contributed by atoms with Crippen LogP contribution in [-0.2, 0) is 4.79 Å². The highest BCUT2D eigenvalue weighted by atomic mass is 35.5. The molecule has 1 aliphatic rings. The molecule has 0 radical (unpaired) electrons. The summed E-state index contributed by atoms with van der Waals surface area (Å²) in [6.07, 6.45) is 3.40. The largest absolute Gasteiger partial charge is 0.329 e. The normalized spacial score (nSPS) is 16.3. The topological polar surface area (TPSA) is 68.0 Å². The minimum absolute atomic E-state index is 0.0238. The summed E-state index contributed by atoms with van der Waals surface area (Å²) in [6.45, 7) is 0.387. The van der Waals surface area contributed by atoms with E-state index in [-0.39, 0.29) is 11.3 Å². The highest BCUT2D eigenvalue weighted by Gasteiger charge is 2.48. The number of nitrogens with two attached hydrogens (primary N) is 1. The monoisotopic (exact) mass is 275 g/mol. The number of halogens is 1. The van der Waals surface area contributed by atoms with Crippen LogP contribution in [0.3, 0.4) is 0 Å². The zero-order valence-electron chi connectivity index (χ0n) is 10.3. The summed E-state index contributed by atoms with van der Waals surface area (Å²) in [5, 5.41) is 4.38. The summed E-state index contributed by atoms with van der Waals surface area (Å²) in [6, 6.07) is 7.25. The maximum Gasteiger partial charge on any atom is 0.231 e. The molecule has 0 spiro atoms. The van der Waals surface area contributed by atoms with Crippen molar-refractivity contribution in [3.05, 3.63) is 35.5 Å². The van der Waals surface area contributed by atoms with Crippen LogP contribution >= 0.6 is 11.6 Å². The molecule has 2 aromatic rings. The Hall–Kier alpha value is -1.65. The van der Waals surface area contributed by atoms with Gasteiger partial charge in [-0.15, -0.1) is 0 Å². The van der Waals surface area contributed by atoms with Crippen LogP contribution in [0, 0.1) is 5.41 Å². The van der Waals surface area contributed by atoms with Gasteiger partial charge in [0.25, 0.3) is 0 Å². The Labute approximate surface area is 116 Å². The van der Waals surface area contributed by atoms with E-state index < -0.39 is 0 Å². The van der Waals surface area contributed by atoms with E-state index in [1.165, 1.54) is 0 Å². The lowest BCUT2D eigenvalue weighted by molar-refractivity contribution is -0.120. The van der Waals surface area contributed by atoms with E-state index in [2.05, 4.69) is 10.3 Å².